The van der Waals surface area contributed by atoms with Gasteiger partial charge in [-0.2, -0.15) is 0 Å². The molecular formula is C20H26. The van der Waals surface area contributed by atoms with Crippen molar-refractivity contribution in [3.8, 4) is 0 Å². The molecule has 4 aliphatic rings. The van der Waals surface area contributed by atoms with E-state index in [0.29, 0.717) is 0 Å². The van der Waals surface area contributed by atoms with Crippen molar-refractivity contribution in [2.45, 2.75) is 44.9 Å². The number of rotatable bonds is 4. The molecule has 4 bridgehead atoms. The lowest BCUT2D eigenvalue weighted by atomic mass is 9.51. The van der Waals surface area contributed by atoms with Gasteiger partial charge >= 0.3 is 0 Å². The summed E-state index contributed by atoms with van der Waals surface area (Å²) in [7, 11) is 0. The molecule has 0 nitrogen and oxygen atoms in total. The van der Waals surface area contributed by atoms with E-state index in [1.165, 1.54) is 18.4 Å². The van der Waals surface area contributed by atoms with Crippen LogP contribution in [0.15, 0.2) is 36.4 Å². The lowest BCUT2D eigenvalue weighted by molar-refractivity contribution is -0.0391. The van der Waals surface area contributed by atoms with Gasteiger partial charge in [-0.25, -0.2) is 0 Å². The van der Waals surface area contributed by atoms with Gasteiger partial charge in [0.15, 0.2) is 0 Å². The Morgan fingerprint density at radius 1 is 0.850 bits per heavy atom. The Hall–Kier alpha value is -1.04. The number of allylic oxidation sites excluding steroid dienone is 1. The second-order valence-electron chi connectivity index (χ2n) is 7.48. The first-order valence-corrected chi connectivity index (χ1v) is 8.60. The van der Waals surface area contributed by atoms with E-state index in [-0.39, 0.29) is 0 Å². The molecule has 0 atom stereocenters. The fourth-order valence-electron chi connectivity index (χ4n) is 5.58. The van der Waals surface area contributed by atoms with E-state index in [2.05, 4.69) is 42.5 Å². The van der Waals surface area contributed by atoms with Gasteiger partial charge < -0.3 is 0 Å². The number of hydrogen-bond donors (Lipinski definition) is 0. The Morgan fingerprint density at radius 3 is 2.15 bits per heavy atom. The summed E-state index contributed by atoms with van der Waals surface area (Å²) in [5.41, 5.74) is 1.34. The van der Waals surface area contributed by atoms with E-state index in [0.717, 1.165) is 29.6 Å². The molecule has 0 aromatic heterocycles. The van der Waals surface area contributed by atoms with Crippen LogP contribution in [0.2, 0.25) is 0 Å². The van der Waals surface area contributed by atoms with E-state index >= 15 is 0 Å². The summed E-state index contributed by atoms with van der Waals surface area (Å²) >= 11 is 0. The van der Waals surface area contributed by atoms with Gasteiger partial charge in [0, 0.05) is 0 Å². The summed E-state index contributed by atoms with van der Waals surface area (Å²) in [5, 5.41) is 0. The summed E-state index contributed by atoms with van der Waals surface area (Å²) in [6.45, 7) is 0. The first kappa shape index (κ1) is 12.7. The molecule has 4 fully saturated rings. The molecule has 0 N–H and O–H groups in total. The van der Waals surface area contributed by atoms with E-state index in [9.17, 15) is 0 Å². The lowest BCUT2D eigenvalue weighted by Crippen LogP contribution is -2.44. The van der Waals surface area contributed by atoms with Crippen molar-refractivity contribution in [2.24, 2.45) is 29.6 Å². The van der Waals surface area contributed by atoms with Crippen molar-refractivity contribution >= 4 is 6.08 Å². The second-order valence-corrected chi connectivity index (χ2v) is 7.48. The molecule has 4 aliphatic carbocycles. The van der Waals surface area contributed by atoms with Crippen LogP contribution in [0.4, 0.5) is 0 Å². The standard InChI is InChI=1S/C20H26/c1-2-6-15(7-3-1)8-4-5-9-20-18-11-16-10-17(13-18)14-19(20)12-16/h1-4,6-8,16-20H,5,9-14H2/b8-4+. The fourth-order valence-corrected chi connectivity index (χ4v) is 5.58. The molecule has 0 amide bonds. The van der Waals surface area contributed by atoms with Crippen LogP contribution in [0.3, 0.4) is 0 Å². The van der Waals surface area contributed by atoms with Gasteiger partial charge in [-0.1, -0.05) is 42.5 Å². The monoisotopic (exact) mass is 266 g/mol. The highest BCUT2D eigenvalue weighted by atomic mass is 14.5. The third kappa shape index (κ3) is 2.45. The number of hydrogen-bond acceptors (Lipinski definition) is 0. The van der Waals surface area contributed by atoms with Crippen LogP contribution in [0.5, 0.6) is 0 Å². The molecule has 4 saturated carbocycles. The molecule has 0 heteroatoms. The summed E-state index contributed by atoms with van der Waals surface area (Å²) in [6.07, 6.45) is 15.3. The van der Waals surface area contributed by atoms with E-state index in [4.69, 9.17) is 0 Å². The van der Waals surface area contributed by atoms with Gasteiger partial charge in [0.25, 0.3) is 0 Å². The van der Waals surface area contributed by atoms with E-state index in [1.807, 2.05) is 0 Å². The lowest BCUT2D eigenvalue weighted by Gasteiger charge is -2.54. The highest BCUT2D eigenvalue weighted by Gasteiger charge is 2.47. The molecule has 0 saturated heterocycles. The SMILES string of the molecule is C(=C\c1ccccc1)/CCC1C2CC3CC(C2)CC1C3. The molecule has 0 spiro atoms. The van der Waals surface area contributed by atoms with Crippen molar-refractivity contribution in [1.82, 2.24) is 0 Å². The van der Waals surface area contributed by atoms with Gasteiger partial charge in [-0.3, -0.25) is 0 Å². The van der Waals surface area contributed by atoms with Crippen molar-refractivity contribution in [1.29, 1.82) is 0 Å². The zero-order valence-corrected chi connectivity index (χ0v) is 12.4. The summed E-state index contributed by atoms with van der Waals surface area (Å²) in [6, 6.07) is 10.7. The number of benzene rings is 1. The molecule has 0 heterocycles. The van der Waals surface area contributed by atoms with Crippen LogP contribution in [-0.2, 0) is 0 Å². The van der Waals surface area contributed by atoms with Crippen LogP contribution in [0.25, 0.3) is 6.08 Å². The average Bonchev–Trinajstić information content (AvgIpc) is 2.46. The summed E-state index contributed by atoms with van der Waals surface area (Å²) in [4.78, 5) is 0. The predicted octanol–water partition coefficient (Wildman–Crippen LogP) is 5.55. The van der Waals surface area contributed by atoms with Crippen molar-refractivity contribution in [3.05, 3.63) is 42.0 Å². The maximum absolute atomic E-state index is 2.40. The van der Waals surface area contributed by atoms with E-state index in [1.54, 1.807) is 32.1 Å². The van der Waals surface area contributed by atoms with Gasteiger partial charge in [0.1, 0.15) is 0 Å². The van der Waals surface area contributed by atoms with Crippen molar-refractivity contribution in [3.63, 3.8) is 0 Å². The van der Waals surface area contributed by atoms with Crippen LogP contribution in [0, 0.1) is 29.6 Å². The maximum Gasteiger partial charge on any atom is -0.0260 e. The second kappa shape index (κ2) is 5.39. The normalized spacial score (nSPS) is 38.7. The minimum Gasteiger partial charge on any atom is -0.0839 e. The largest absolute Gasteiger partial charge is 0.0839 e. The van der Waals surface area contributed by atoms with Crippen LogP contribution in [0.1, 0.15) is 50.5 Å². The third-order valence-corrected chi connectivity index (χ3v) is 6.20. The molecule has 106 valence electrons. The Bertz CT molecular complexity index is 442. The van der Waals surface area contributed by atoms with Crippen LogP contribution in [-0.4, -0.2) is 0 Å². The minimum absolute atomic E-state index is 1.06. The van der Waals surface area contributed by atoms with Gasteiger partial charge in [-0.15, -0.1) is 0 Å². The zero-order chi connectivity index (χ0) is 13.4. The van der Waals surface area contributed by atoms with Crippen LogP contribution >= 0.6 is 0 Å². The first-order chi connectivity index (χ1) is 9.88. The molecular weight excluding hydrogens is 240 g/mol. The molecule has 0 radical (unpaired) electrons. The smallest absolute Gasteiger partial charge is 0.0260 e. The Morgan fingerprint density at radius 2 is 1.50 bits per heavy atom. The van der Waals surface area contributed by atoms with Gasteiger partial charge in [0.2, 0.25) is 0 Å². The molecule has 0 aliphatic heterocycles. The highest BCUT2D eigenvalue weighted by molar-refractivity contribution is 5.48. The first-order valence-electron chi connectivity index (χ1n) is 8.60. The molecule has 20 heavy (non-hydrogen) atoms. The quantitative estimate of drug-likeness (QED) is 0.670. The maximum atomic E-state index is 2.40. The highest BCUT2D eigenvalue weighted by Crippen LogP contribution is 2.57. The Balaban J connectivity index is 1.33. The Labute approximate surface area is 123 Å². The van der Waals surface area contributed by atoms with Gasteiger partial charge in [0.05, 0.1) is 0 Å². The Kier molecular flexibility index (Phi) is 3.42. The minimum atomic E-state index is 1.06. The molecule has 1 aromatic carbocycles. The topological polar surface area (TPSA) is 0 Å². The summed E-state index contributed by atoms with van der Waals surface area (Å²) in [5.74, 6) is 5.48. The average molecular weight is 266 g/mol. The van der Waals surface area contributed by atoms with Crippen molar-refractivity contribution < 1.29 is 0 Å². The van der Waals surface area contributed by atoms with Crippen molar-refractivity contribution in [2.75, 3.05) is 0 Å². The fraction of sp³-hybridized carbons (Fsp3) is 0.600. The summed E-state index contributed by atoms with van der Waals surface area (Å²) < 4.78 is 0. The molecule has 0 unspecified atom stereocenters. The molecule has 1 aromatic rings. The zero-order valence-electron chi connectivity index (χ0n) is 12.4. The third-order valence-electron chi connectivity index (χ3n) is 6.20. The molecule has 5 rings (SSSR count). The predicted molar refractivity (Wildman–Crippen MR) is 85.2 cm³/mol. The van der Waals surface area contributed by atoms with Gasteiger partial charge in [-0.05, 0) is 80.1 Å². The van der Waals surface area contributed by atoms with E-state index < -0.39 is 0 Å². The van der Waals surface area contributed by atoms with Crippen LogP contribution < -0.4 is 0 Å².